The summed E-state index contributed by atoms with van der Waals surface area (Å²) in [5.41, 5.74) is 7.94. The van der Waals surface area contributed by atoms with Crippen molar-refractivity contribution in [3.63, 3.8) is 0 Å². The van der Waals surface area contributed by atoms with E-state index in [1.807, 2.05) is 0 Å². The highest BCUT2D eigenvalue weighted by atomic mass is 15.8. The Morgan fingerprint density at radius 2 is 0.900 bits per heavy atom. The van der Waals surface area contributed by atoms with Gasteiger partial charge in [0.05, 0.1) is 11.3 Å². The van der Waals surface area contributed by atoms with Gasteiger partial charge in [0.2, 0.25) is 0 Å². The Morgan fingerprint density at radius 3 is 1.15 bits per heavy atom. The first-order chi connectivity index (χ1) is 9.66. The molecule has 2 N–H and O–H groups in total. The summed E-state index contributed by atoms with van der Waals surface area (Å²) in [4.78, 5) is 0. The van der Waals surface area contributed by atoms with Crippen LogP contribution in [0.2, 0.25) is 0 Å². The summed E-state index contributed by atoms with van der Waals surface area (Å²) in [6.07, 6.45) is 10.2. The second kappa shape index (κ2) is 6.73. The van der Waals surface area contributed by atoms with Gasteiger partial charge in [0.25, 0.3) is 0 Å². The second-order valence-corrected chi connectivity index (χ2v) is 6.59. The third kappa shape index (κ3) is 3.35. The zero-order valence-electron chi connectivity index (χ0n) is 14.0. The summed E-state index contributed by atoms with van der Waals surface area (Å²) in [5, 5.41) is 4.95. The van der Waals surface area contributed by atoms with E-state index in [4.69, 9.17) is 0 Å². The van der Waals surface area contributed by atoms with E-state index in [2.05, 4.69) is 48.6 Å². The third-order valence-corrected chi connectivity index (χ3v) is 4.82. The highest BCUT2D eigenvalue weighted by Crippen LogP contribution is 2.37. The minimum Gasteiger partial charge on any atom is -0.232 e. The van der Waals surface area contributed by atoms with Gasteiger partial charge in [0.1, 0.15) is 0 Å². The monoisotopic (exact) mass is 282 g/mol. The molecule has 0 aromatic carbocycles. The fourth-order valence-electron chi connectivity index (χ4n) is 3.86. The van der Waals surface area contributed by atoms with Crippen LogP contribution in [0.25, 0.3) is 0 Å². The van der Waals surface area contributed by atoms with E-state index in [1.165, 1.54) is 51.4 Å². The lowest BCUT2D eigenvalue weighted by Crippen LogP contribution is -2.26. The molecule has 2 saturated heterocycles. The van der Waals surface area contributed by atoms with E-state index in [-0.39, 0.29) is 0 Å². The van der Waals surface area contributed by atoms with Crippen LogP contribution in [-0.4, -0.2) is 34.4 Å². The van der Waals surface area contributed by atoms with Gasteiger partial charge in [-0.15, -0.1) is 0 Å². The lowest BCUT2D eigenvalue weighted by molar-refractivity contribution is 0.298. The summed E-state index contributed by atoms with van der Waals surface area (Å²) in [6.45, 7) is 11.4. The van der Waals surface area contributed by atoms with Gasteiger partial charge in [-0.25, -0.2) is 20.9 Å². The van der Waals surface area contributed by atoms with Crippen LogP contribution >= 0.6 is 0 Å². The number of hydrogen-bond donors (Lipinski definition) is 2. The molecule has 118 valence electrons. The summed E-state index contributed by atoms with van der Waals surface area (Å²) in [5.74, 6) is 0. The van der Waals surface area contributed by atoms with Crippen molar-refractivity contribution in [3.8, 4) is 0 Å². The summed E-state index contributed by atoms with van der Waals surface area (Å²) in [6, 6.07) is 0. The molecule has 20 heavy (non-hydrogen) atoms. The molecule has 2 rings (SSSR count). The molecule has 0 saturated carbocycles. The smallest absolute Gasteiger partial charge is 0.0974 e. The molecule has 2 heterocycles. The van der Waals surface area contributed by atoms with Crippen molar-refractivity contribution in [3.05, 3.63) is 0 Å². The van der Waals surface area contributed by atoms with Gasteiger partial charge in [0, 0.05) is 13.1 Å². The average Bonchev–Trinajstić information content (AvgIpc) is 3.26. The number of hydrazine groups is 2. The Kier molecular flexibility index (Phi) is 5.46. The van der Waals surface area contributed by atoms with E-state index in [0.717, 1.165) is 13.1 Å². The standard InChI is InChI=1S/C16H34N4/c1-5-9-15(10-6-2)17-19(15)13-14-20-16(18-20,11-7-3)12-8-4/h17-18H,5-14H2,1-4H3. The predicted octanol–water partition coefficient (Wildman–Crippen LogP) is 3.22. The molecule has 0 aromatic rings. The van der Waals surface area contributed by atoms with E-state index in [9.17, 15) is 0 Å². The van der Waals surface area contributed by atoms with Crippen LogP contribution in [0.15, 0.2) is 0 Å². The number of nitrogens with zero attached hydrogens (tertiary/aromatic N) is 2. The Balaban J connectivity index is 1.74. The number of hydrogen-bond acceptors (Lipinski definition) is 4. The van der Waals surface area contributed by atoms with Crippen LogP contribution in [0.3, 0.4) is 0 Å². The first-order valence-electron chi connectivity index (χ1n) is 8.77. The van der Waals surface area contributed by atoms with Gasteiger partial charge in [-0.2, -0.15) is 0 Å². The lowest BCUT2D eigenvalue weighted by atomic mass is 10.0. The lowest BCUT2D eigenvalue weighted by Gasteiger charge is -2.15. The van der Waals surface area contributed by atoms with Crippen LogP contribution in [0.1, 0.15) is 79.1 Å². The summed E-state index contributed by atoms with van der Waals surface area (Å²) in [7, 11) is 0. The normalized spacial score (nSPS) is 29.4. The maximum atomic E-state index is 3.64. The summed E-state index contributed by atoms with van der Waals surface area (Å²) >= 11 is 0. The molecule has 0 radical (unpaired) electrons. The second-order valence-electron chi connectivity index (χ2n) is 6.59. The molecule has 4 heteroatoms. The molecule has 0 aromatic heterocycles. The highest BCUT2D eigenvalue weighted by Gasteiger charge is 2.53. The molecule has 2 unspecified atom stereocenters. The van der Waals surface area contributed by atoms with Gasteiger partial charge in [-0.1, -0.05) is 53.4 Å². The molecule has 2 fully saturated rings. The van der Waals surface area contributed by atoms with Gasteiger partial charge in [0.15, 0.2) is 0 Å². The zero-order valence-corrected chi connectivity index (χ0v) is 14.0. The van der Waals surface area contributed by atoms with Crippen molar-refractivity contribution in [2.75, 3.05) is 13.1 Å². The number of nitrogens with one attached hydrogen (secondary N) is 2. The molecule has 0 amide bonds. The fraction of sp³-hybridized carbons (Fsp3) is 1.00. The maximum absolute atomic E-state index is 3.64. The van der Waals surface area contributed by atoms with Crippen LogP contribution in [0, 0.1) is 0 Å². The van der Waals surface area contributed by atoms with Gasteiger partial charge in [-0.05, 0) is 25.7 Å². The molecule has 2 aliphatic heterocycles. The largest absolute Gasteiger partial charge is 0.232 e. The van der Waals surface area contributed by atoms with Crippen molar-refractivity contribution in [2.24, 2.45) is 0 Å². The highest BCUT2D eigenvalue weighted by molar-refractivity contribution is 5.01. The van der Waals surface area contributed by atoms with Crippen LogP contribution in [-0.2, 0) is 0 Å². The average molecular weight is 282 g/mol. The van der Waals surface area contributed by atoms with E-state index >= 15 is 0 Å². The Hall–Kier alpha value is -0.160. The molecule has 4 nitrogen and oxygen atoms in total. The molecular formula is C16H34N4. The van der Waals surface area contributed by atoms with Crippen LogP contribution in [0.4, 0.5) is 0 Å². The van der Waals surface area contributed by atoms with Crippen LogP contribution < -0.4 is 10.9 Å². The minimum atomic E-state index is 0.331. The zero-order chi connectivity index (χ0) is 14.6. The van der Waals surface area contributed by atoms with E-state index in [1.54, 1.807) is 0 Å². The third-order valence-electron chi connectivity index (χ3n) is 4.82. The van der Waals surface area contributed by atoms with Crippen molar-refractivity contribution >= 4 is 0 Å². The first kappa shape index (κ1) is 16.2. The number of rotatable bonds is 11. The van der Waals surface area contributed by atoms with Crippen molar-refractivity contribution in [1.82, 2.24) is 20.9 Å². The fourth-order valence-corrected chi connectivity index (χ4v) is 3.86. The topological polar surface area (TPSA) is 49.9 Å². The Bertz CT molecular complexity index is 263. The summed E-state index contributed by atoms with van der Waals surface area (Å²) < 4.78 is 0. The molecule has 0 spiro atoms. The quantitative estimate of drug-likeness (QED) is 0.571. The Labute approximate surface area is 125 Å². The first-order valence-corrected chi connectivity index (χ1v) is 8.77. The van der Waals surface area contributed by atoms with E-state index < -0.39 is 0 Å². The van der Waals surface area contributed by atoms with Crippen molar-refractivity contribution in [2.45, 2.75) is 90.4 Å². The molecule has 0 bridgehead atoms. The maximum Gasteiger partial charge on any atom is 0.0974 e. The predicted molar refractivity (Wildman–Crippen MR) is 84.8 cm³/mol. The molecule has 0 aliphatic carbocycles. The molecule has 2 atom stereocenters. The van der Waals surface area contributed by atoms with E-state index in [0.29, 0.717) is 11.3 Å². The van der Waals surface area contributed by atoms with Crippen molar-refractivity contribution in [1.29, 1.82) is 0 Å². The van der Waals surface area contributed by atoms with Gasteiger partial charge in [-0.3, -0.25) is 0 Å². The van der Waals surface area contributed by atoms with Crippen LogP contribution in [0.5, 0.6) is 0 Å². The molecular weight excluding hydrogens is 248 g/mol. The van der Waals surface area contributed by atoms with Gasteiger partial charge >= 0.3 is 0 Å². The van der Waals surface area contributed by atoms with Gasteiger partial charge < -0.3 is 0 Å². The van der Waals surface area contributed by atoms with Crippen molar-refractivity contribution < 1.29 is 0 Å². The SMILES string of the molecule is CCCC1(CCC)NN1CCN1NC1(CCC)CCC. The minimum absolute atomic E-state index is 0.331. The molecule has 2 aliphatic rings. The Morgan fingerprint density at radius 1 is 0.600 bits per heavy atom.